The van der Waals surface area contributed by atoms with Crippen LogP contribution in [0, 0.1) is 13.8 Å². The summed E-state index contributed by atoms with van der Waals surface area (Å²) in [6, 6.07) is 16.3. The van der Waals surface area contributed by atoms with E-state index >= 15 is 0 Å². The molecule has 0 radical (unpaired) electrons. The number of rotatable bonds is 8. The van der Waals surface area contributed by atoms with Gasteiger partial charge in [0.1, 0.15) is 5.70 Å². The monoisotopic (exact) mass is 447 g/mol. The van der Waals surface area contributed by atoms with Gasteiger partial charge in [0, 0.05) is 51.6 Å². The summed E-state index contributed by atoms with van der Waals surface area (Å²) in [6.45, 7) is 10.6. The maximum absolute atomic E-state index is 13.5. The third-order valence-electron chi connectivity index (χ3n) is 6.53. The zero-order valence-electron chi connectivity index (χ0n) is 19.8. The third-order valence-corrected chi connectivity index (χ3v) is 6.53. The van der Waals surface area contributed by atoms with Crippen LogP contribution in [0.25, 0.3) is 5.57 Å². The van der Waals surface area contributed by atoms with Crippen LogP contribution >= 0.6 is 0 Å². The van der Waals surface area contributed by atoms with Crippen molar-refractivity contribution in [3.8, 4) is 0 Å². The molecule has 0 bridgehead atoms. The number of piperazine rings is 1. The summed E-state index contributed by atoms with van der Waals surface area (Å²) in [5.74, 6) is -0.377. The Morgan fingerprint density at radius 2 is 1.55 bits per heavy atom. The normalized spacial score (nSPS) is 16.9. The number of amides is 2. The predicted octanol–water partition coefficient (Wildman–Crippen LogP) is 3.63. The van der Waals surface area contributed by atoms with Gasteiger partial charge in [0.25, 0.3) is 11.8 Å². The van der Waals surface area contributed by atoms with Crippen molar-refractivity contribution in [2.75, 3.05) is 50.8 Å². The van der Waals surface area contributed by atoms with Crippen molar-refractivity contribution in [2.45, 2.75) is 27.2 Å². The van der Waals surface area contributed by atoms with E-state index in [0.717, 1.165) is 24.2 Å². The minimum absolute atomic E-state index is 0.183. The second-order valence-electron chi connectivity index (χ2n) is 8.64. The Labute approximate surface area is 196 Å². The van der Waals surface area contributed by atoms with Gasteiger partial charge in [0.2, 0.25) is 0 Å². The summed E-state index contributed by atoms with van der Waals surface area (Å²) in [5.41, 5.74) is 5.38. The number of aryl methyl sites for hydroxylation is 2. The van der Waals surface area contributed by atoms with Crippen LogP contribution in [0.5, 0.6) is 0 Å². The first kappa shape index (κ1) is 23.1. The van der Waals surface area contributed by atoms with Crippen LogP contribution in [0.4, 0.5) is 5.69 Å². The molecule has 0 aliphatic carbocycles. The standard InChI is InChI=1S/C27H33N3O3/c1-4-33-18-8-13-30-26(31)24(22-12-11-20(2)21(3)19-22)25(27(30)32)29-16-14-28(15-17-29)23-9-6-5-7-10-23/h5-7,9-12,19H,4,8,13-18H2,1-3H3. The number of imide groups is 1. The summed E-state index contributed by atoms with van der Waals surface area (Å²) in [6.07, 6.45) is 0.639. The van der Waals surface area contributed by atoms with Crippen LogP contribution < -0.4 is 4.90 Å². The molecule has 0 aromatic heterocycles. The molecular formula is C27H33N3O3. The predicted molar refractivity (Wildman–Crippen MR) is 131 cm³/mol. The summed E-state index contributed by atoms with van der Waals surface area (Å²) in [7, 11) is 0. The van der Waals surface area contributed by atoms with E-state index in [1.165, 1.54) is 16.2 Å². The number of hydrogen-bond acceptors (Lipinski definition) is 5. The first-order valence-electron chi connectivity index (χ1n) is 11.8. The lowest BCUT2D eigenvalue weighted by Gasteiger charge is -2.37. The average molecular weight is 448 g/mol. The Bertz CT molecular complexity index is 1040. The second-order valence-corrected chi connectivity index (χ2v) is 8.64. The fourth-order valence-electron chi connectivity index (χ4n) is 4.51. The molecule has 6 heteroatoms. The highest BCUT2D eigenvalue weighted by Gasteiger charge is 2.41. The molecule has 2 aromatic carbocycles. The lowest BCUT2D eigenvalue weighted by atomic mass is 9.99. The lowest BCUT2D eigenvalue weighted by molar-refractivity contribution is -0.137. The SMILES string of the molecule is CCOCCCN1C(=O)C(c2ccc(C)c(C)c2)=C(N2CCN(c3ccccc3)CC2)C1=O. The highest BCUT2D eigenvalue weighted by atomic mass is 16.5. The highest BCUT2D eigenvalue weighted by molar-refractivity contribution is 6.35. The number of carbonyl (C=O) groups is 2. The molecule has 2 aliphatic heterocycles. The Hall–Kier alpha value is -3.12. The van der Waals surface area contributed by atoms with Crippen molar-refractivity contribution in [3.63, 3.8) is 0 Å². The van der Waals surface area contributed by atoms with E-state index in [2.05, 4.69) is 28.9 Å². The minimum atomic E-state index is -0.194. The molecule has 0 unspecified atom stereocenters. The van der Waals surface area contributed by atoms with Crippen molar-refractivity contribution in [1.29, 1.82) is 0 Å². The van der Waals surface area contributed by atoms with E-state index in [4.69, 9.17) is 4.74 Å². The summed E-state index contributed by atoms with van der Waals surface area (Å²) in [5, 5.41) is 0. The van der Waals surface area contributed by atoms with E-state index in [0.29, 0.717) is 50.5 Å². The first-order valence-corrected chi connectivity index (χ1v) is 11.8. The minimum Gasteiger partial charge on any atom is -0.382 e. The Morgan fingerprint density at radius 3 is 2.21 bits per heavy atom. The molecule has 33 heavy (non-hydrogen) atoms. The number of hydrogen-bond donors (Lipinski definition) is 0. The Kier molecular flexibility index (Phi) is 7.14. The number of carbonyl (C=O) groups excluding carboxylic acids is 2. The molecule has 0 spiro atoms. The molecule has 6 nitrogen and oxygen atoms in total. The maximum Gasteiger partial charge on any atom is 0.277 e. The van der Waals surface area contributed by atoms with Gasteiger partial charge in [-0.25, -0.2) is 0 Å². The molecule has 2 heterocycles. The summed E-state index contributed by atoms with van der Waals surface area (Å²) in [4.78, 5) is 32.8. The van der Waals surface area contributed by atoms with Crippen molar-refractivity contribution in [3.05, 3.63) is 70.9 Å². The van der Waals surface area contributed by atoms with Gasteiger partial charge >= 0.3 is 0 Å². The Morgan fingerprint density at radius 1 is 0.848 bits per heavy atom. The van der Waals surface area contributed by atoms with Gasteiger partial charge in [0.05, 0.1) is 5.57 Å². The fourth-order valence-corrected chi connectivity index (χ4v) is 4.51. The third kappa shape index (κ3) is 4.81. The molecule has 174 valence electrons. The zero-order chi connectivity index (χ0) is 23.4. The van der Waals surface area contributed by atoms with Crippen LogP contribution in [0.3, 0.4) is 0 Å². The Balaban J connectivity index is 1.60. The number of anilines is 1. The van der Waals surface area contributed by atoms with Crippen LogP contribution in [-0.4, -0.2) is 67.6 Å². The van der Waals surface area contributed by atoms with Crippen molar-refractivity contribution >= 4 is 23.1 Å². The van der Waals surface area contributed by atoms with Crippen molar-refractivity contribution < 1.29 is 14.3 Å². The largest absolute Gasteiger partial charge is 0.382 e. The number of benzene rings is 2. The second kappa shape index (κ2) is 10.2. The van der Waals surface area contributed by atoms with Crippen molar-refractivity contribution in [1.82, 2.24) is 9.80 Å². The molecular weight excluding hydrogens is 414 g/mol. The van der Waals surface area contributed by atoms with Crippen LogP contribution in [-0.2, 0) is 14.3 Å². The van der Waals surface area contributed by atoms with E-state index in [1.807, 2.05) is 50.2 Å². The molecule has 2 aromatic rings. The van der Waals surface area contributed by atoms with Gasteiger partial charge < -0.3 is 14.5 Å². The average Bonchev–Trinajstić information content (AvgIpc) is 3.09. The lowest BCUT2D eigenvalue weighted by Crippen LogP contribution is -2.47. The van der Waals surface area contributed by atoms with E-state index < -0.39 is 0 Å². The van der Waals surface area contributed by atoms with Gasteiger partial charge in [-0.1, -0.05) is 36.4 Å². The number of para-hydroxylation sites is 1. The molecule has 2 aliphatic rings. The number of ether oxygens (including phenoxy) is 1. The van der Waals surface area contributed by atoms with Gasteiger partial charge in [-0.05, 0) is 56.0 Å². The molecule has 1 saturated heterocycles. The van der Waals surface area contributed by atoms with E-state index in [-0.39, 0.29) is 11.8 Å². The summed E-state index contributed by atoms with van der Waals surface area (Å²) < 4.78 is 5.42. The van der Waals surface area contributed by atoms with Gasteiger partial charge in [-0.3, -0.25) is 14.5 Å². The molecule has 0 saturated carbocycles. The van der Waals surface area contributed by atoms with Gasteiger partial charge in [-0.15, -0.1) is 0 Å². The van der Waals surface area contributed by atoms with E-state index in [9.17, 15) is 9.59 Å². The first-order chi connectivity index (χ1) is 16.0. The van der Waals surface area contributed by atoms with Gasteiger partial charge in [-0.2, -0.15) is 0 Å². The van der Waals surface area contributed by atoms with Crippen LogP contribution in [0.2, 0.25) is 0 Å². The quantitative estimate of drug-likeness (QED) is 0.457. The topological polar surface area (TPSA) is 53.1 Å². The van der Waals surface area contributed by atoms with Crippen molar-refractivity contribution in [2.24, 2.45) is 0 Å². The van der Waals surface area contributed by atoms with Gasteiger partial charge in [0.15, 0.2) is 0 Å². The molecule has 0 N–H and O–H groups in total. The summed E-state index contributed by atoms with van der Waals surface area (Å²) >= 11 is 0. The maximum atomic E-state index is 13.5. The van der Waals surface area contributed by atoms with E-state index in [1.54, 1.807) is 0 Å². The zero-order valence-corrected chi connectivity index (χ0v) is 19.8. The molecule has 2 amide bonds. The molecule has 0 atom stereocenters. The molecule has 1 fully saturated rings. The smallest absolute Gasteiger partial charge is 0.277 e. The van der Waals surface area contributed by atoms with Crippen LogP contribution in [0.15, 0.2) is 54.2 Å². The number of nitrogens with zero attached hydrogens (tertiary/aromatic N) is 3. The molecule has 4 rings (SSSR count). The van der Waals surface area contributed by atoms with Crippen LogP contribution in [0.1, 0.15) is 30.0 Å². The fraction of sp³-hybridized carbons (Fsp3) is 0.407. The highest BCUT2D eigenvalue weighted by Crippen LogP contribution is 2.33.